The topological polar surface area (TPSA) is 86.8 Å². The van der Waals surface area contributed by atoms with Gasteiger partial charge in [0.25, 0.3) is 11.5 Å². The summed E-state index contributed by atoms with van der Waals surface area (Å²) in [5.41, 5.74) is 1.63. The van der Waals surface area contributed by atoms with Crippen LogP contribution in [0.15, 0.2) is 70.1 Å². The van der Waals surface area contributed by atoms with E-state index in [1.54, 1.807) is 37.1 Å². The predicted octanol–water partition coefficient (Wildman–Crippen LogP) is 3.97. The molecule has 2 aromatic heterocycles. The smallest absolute Gasteiger partial charge is 0.265 e. The number of aryl methyl sites for hydroxylation is 2. The molecule has 0 unspecified atom stereocenters. The van der Waals surface area contributed by atoms with Gasteiger partial charge in [-0.25, -0.2) is 4.98 Å². The first-order chi connectivity index (χ1) is 16.5. The lowest BCUT2D eigenvalue weighted by atomic mass is 10.1. The summed E-state index contributed by atoms with van der Waals surface area (Å²) in [5, 5.41) is 0.169. The van der Waals surface area contributed by atoms with E-state index in [4.69, 9.17) is 13.9 Å². The Morgan fingerprint density at radius 3 is 2.68 bits per heavy atom. The Labute approximate surface area is 195 Å². The highest BCUT2D eigenvalue weighted by atomic mass is 16.6. The average molecular weight is 457 g/mol. The fourth-order valence-corrected chi connectivity index (χ4v) is 3.94. The largest absolute Gasteiger partial charge is 0.486 e. The van der Waals surface area contributed by atoms with Gasteiger partial charge in [0.05, 0.1) is 5.56 Å². The molecule has 8 heteroatoms. The SMILES string of the molecule is Cc1oc2ncn(C)c(=O)c2c1C(=O)N(C/C=C/c1ccccc1)c1ccc2c(c1)OCCO2. The van der Waals surface area contributed by atoms with Crippen LogP contribution in [0.1, 0.15) is 21.7 Å². The molecular weight excluding hydrogens is 434 g/mol. The van der Waals surface area contributed by atoms with Crippen LogP contribution in [0.5, 0.6) is 11.5 Å². The highest BCUT2D eigenvalue weighted by Gasteiger charge is 2.28. The molecule has 0 bridgehead atoms. The van der Waals surface area contributed by atoms with Gasteiger partial charge in [0, 0.05) is 25.3 Å². The van der Waals surface area contributed by atoms with Gasteiger partial charge in [0.1, 0.15) is 30.7 Å². The first-order valence-electron chi connectivity index (χ1n) is 10.9. The zero-order chi connectivity index (χ0) is 23.7. The van der Waals surface area contributed by atoms with E-state index in [0.717, 1.165) is 5.56 Å². The van der Waals surface area contributed by atoms with Crippen LogP contribution < -0.4 is 19.9 Å². The molecule has 1 aliphatic rings. The number of nitrogens with zero attached hydrogens (tertiary/aromatic N) is 3. The van der Waals surface area contributed by atoms with Gasteiger partial charge in [-0.05, 0) is 24.6 Å². The molecule has 0 fully saturated rings. The van der Waals surface area contributed by atoms with Crippen LogP contribution in [0.4, 0.5) is 5.69 Å². The Kier molecular flexibility index (Phi) is 5.63. The van der Waals surface area contributed by atoms with Crippen LogP contribution in [-0.4, -0.2) is 35.2 Å². The second kappa shape index (κ2) is 8.90. The first-order valence-corrected chi connectivity index (χ1v) is 10.9. The Morgan fingerprint density at radius 1 is 1.12 bits per heavy atom. The van der Waals surface area contributed by atoms with Crippen LogP contribution in [0.25, 0.3) is 17.2 Å². The molecule has 5 rings (SSSR count). The number of carbonyl (C=O) groups excluding carboxylic acids is 1. The molecule has 0 atom stereocenters. The van der Waals surface area contributed by atoms with Crippen molar-refractivity contribution < 1.29 is 18.7 Å². The van der Waals surface area contributed by atoms with Crippen LogP contribution in [0.2, 0.25) is 0 Å². The third-order valence-electron chi connectivity index (χ3n) is 5.64. The summed E-state index contributed by atoms with van der Waals surface area (Å²) in [7, 11) is 1.59. The average Bonchev–Trinajstić information content (AvgIpc) is 3.20. The number of benzene rings is 2. The van der Waals surface area contributed by atoms with Crippen molar-refractivity contribution in [1.29, 1.82) is 0 Å². The van der Waals surface area contributed by atoms with E-state index in [-0.39, 0.29) is 34.7 Å². The van der Waals surface area contributed by atoms with Crippen molar-refractivity contribution in [2.45, 2.75) is 6.92 Å². The van der Waals surface area contributed by atoms with Crippen molar-refractivity contribution in [2.75, 3.05) is 24.7 Å². The zero-order valence-corrected chi connectivity index (χ0v) is 18.9. The lowest BCUT2D eigenvalue weighted by Crippen LogP contribution is -2.32. The molecule has 8 nitrogen and oxygen atoms in total. The Hall–Kier alpha value is -4.33. The molecule has 4 aromatic rings. The first kappa shape index (κ1) is 21.5. The fraction of sp³-hybridized carbons (Fsp3) is 0.192. The quantitative estimate of drug-likeness (QED) is 0.451. The number of ether oxygens (including phenoxy) is 2. The molecule has 0 saturated heterocycles. The van der Waals surface area contributed by atoms with E-state index >= 15 is 0 Å². The van der Waals surface area contributed by atoms with Gasteiger partial charge < -0.3 is 23.4 Å². The summed E-state index contributed by atoms with van der Waals surface area (Å²) in [6.07, 6.45) is 5.22. The Bertz CT molecular complexity index is 1450. The van der Waals surface area contributed by atoms with Crippen molar-refractivity contribution in [2.24, 2.45) is 7.05 Å². The molecule has 0 radical (unpaired) electrons. The summed E-state index contributed by atoms with van der Waals surface area (Å²) >= 11 is 0. The number of carbonyl (C=O) groups is 1. The van der Waals surface area contributed by atoms with Crippen LogP contribution in [-0.2, 0) is 7.05 Å². The molecule has 0 aliphatic carbocycles. The number of furan rings is 1. The van der Waals surface area contributed by atoms with Gasteiger partial charge in [0.15, 0.2) is 11.5 Å². The lowest BCUT2D eigenvalue weighted by molar-refractivity contribution is 0.0989. The van der Waals surface area contributed by atoms with Crippen LogP contribution >= 0.6 is 0 Å². The van der Waals surface area contributed by atoms with E-state index in [9.17, 15) is 9.59 Å². The third kappa shape index (κ3) is 3.94. The number of anilines is 1. The number of amides is 1. The number of hydrogen-bond donors (Lipinski definition) is 0. The van der Waals surface area contributed by atoms with Crippen molar-refractivity contribution in [3.63, 3.8) is 0 Å². The summed E-state index contributed by atoms with van der Waals surface area (Å²) in [6, 6.07) is 15.2. The summed E-state index contributed by atoms with van der Waals surface area (Å²) in [6.45, 7) is 2.84. The highest BCUT2D eigenvalue weighted by molar-refractivity contribution is 6.14. The monoisotopic (exact) mass is 457 g/mol. The van der Waals surface area contributed by atoms with Gasteiger partial charge in [0.2, 0.25) is 5.71 Å². The maximum atomic E-state index is 13.9. The van der Waals surface area contributed by atoms with Crippen LogP contribution in [0.3, 0.4) is 0 Å². The number of aromatic nitrogens is 2. The van der Waals surface area contributed by atoms with E-state index in [0.29, 0.717) is 36.2 Å². The zero-order valence-electron chi connectivity index (χ0n) is 18.9. The highest BCUT2D eigenvalue weighted by Crippen LogP contribution is 2.35. The summed E-state index contributed by atoms with van der Waals surface area (Å²) < 4.78 is 18.4. The predicted molar refractivity (Wildman–Crippen MR) is 129 cm³/mol. The van der Waals surface area contributed by atoms with E-state index in [1.165, 1.54) is 10.9 Å². The Balaban J connectivity index is 1.58. The molecule has 0 N–H and O–H groups in total. The van der Waals surface area contributed by atoms with E-state index in [2.05, 4.69) is 4.98 Å². The molecule has 2 aromatic carbocycles. The molecule has 1 amide bonds. The van der Waals surface area contributed by atoms with E-state index in [1.807, 2.05) is 42.5 Å². The standard InChI is InChI=1S/C26H23N3O5/c1-17-22(23-24(34-17)27-16-28(2)25(23)30)26(31)29(12-6-9-18-7-4-3-5-8-18)19-10-11-20-21(15-19)33-14-13-32-20/h3-11,15-16H,12-14H2,1-2H3/b9-6+. The molecule has 0 spiro atoms. The second-order valence-corrected chi connectivity index (χ2v) is 7.93. The van der Waals surface area contributed by atoms with Gasteiger partial charge in [-0.2, -0.15) is 0 Å². The van der Waals surface area contributed by atoms with Gasteiger partial charge >= 0.3 is 0 Å². The molecule has 0 saturated carbocycles. The minimum Gasteiger partial charge on any atom is -0.486 e. The molecule has 3 heterocycles. The van der Waals surface area contributed by atoms with E-state index < -0.39 is 0 Å². The minimum absolute atomic E-state index is 0.144. The maximum absolute atomic E-state index is 13.9. The minimum atomic E-state index is -0.365. The van der Waals surface area contributed by atoms with Crippen molar-refractivity contribution >= 4 is 28.8 Å². The molecule has 34 heavy (non-hydrogen) atoms. The van der Waals surface area contributed by atoms with Crippen molar-refractivity contribution in [1.82, 2.24) is 9.55 Å². The van der Waals surface area contributed by atoms with Crippen molar-refractivity contribution in [3.05, 3.63) is 88.2 Å². The number of hydrogen-bond acceptors (Lipinski definition) is 6. The summed E-state index contributed by atoms with van der Waals surface area (Å²) in [4.78, 5) is 32.5. The lowest BCUT2D eigenvalue weighted by Gasteiger charge is -2.24. The third-order valence-corrected chi connectivity index (χ3v) is 5.64. The van der Waals surface area contributed by atoms with Crippen LogP contribution in [0, 0.1) is 6.92 Å². The molecular formula is C26H23N3O5. The maximum Gasteiger partial charge on any atom is 0.265 e. The fourth-order valence-electron chi connectivity index (χ4n) is 3.94. The van der Waals surface area contributed by atoms with Gasteiger partial charge in [-0.15, -0.1) is 0 Å². The number of rotatable bonds is 5. The summed E-state index contributed by atoms with van der Waals surface area (Å²) in [5.74, 6) is 1.17. The second-order valence-electron chi connectivity index (χ2n) is 7.93. The molecule has 172 valence electrons. The van der Waals surface area contributed by atoms with Crippen molar-refractivity contribution in [3.8, 4) is 11.5 Å². The molecule has 1 aliphatic heterocycles. The Morgan fingerprint density at radius 2 is 1.88 bits per heavy atom. The normalized spacial score (nSPS) is 12.9. The number of fused-ring (bicyclic) bond motifs is 2. The van der Waals surface area contributed by atoms with Gasteiger partial charge in [-0.1, -0.05) is 42.5 Å². The van der Waals surface area contributed by atoms with Gasteiger partial charge in [-0.3, -0.25) is 9.59 Å².